The van der Waals surface area contributed by atoms with Gasteiger partial charge in [0.2, 0.25) is 0 Å². The number of ether oxygens (including phenoxy) is 1. The number of hydrogen-bond acceptors (Lipinski definition) is 4. The highest BCUT2D eigenvalue weighted by atomic mass is 32.1. The van der Waals surface area contributed by atoms with Crippen LogP contribution in [0, 0.1) is 0 Å². The zero-order chi connectivity index (χ0) is 9.84. The minimum atomic E-state index is -0.753. The van der Waals surface area contributed by atoms with Gasteiger partial charge in [-0.2, -0.15) is 11.3 Å². The van der Waals surface area contributed by atoms with E-state index in [-0.39, 0.29) is 5.78 Å². The predicted molar refractivity (Wildman–Crippen MR) is 49.8 cm³/mol. The number of ketones is 1. The Kier molecular flexibility index (Phi) is 3.19. The molecule has 0 aliphatic rings. The number of hydrogen-bond donors (Lipinski definition) is 0. The molecule has 0 spiro atoms. The van der Waals surface area contributed by atoms with E-state index >= 15 is 0 Å². The minimum Gasteiger partial charge on any atom is -0.468 e. The summed E-state index contributed by atoms with van der Waals surface area (Å²) >= 11 is 1.45. The maximum atomic E-state index is 11.2. The van der Waals surface area contributed by atoms with Crippen LogP contribution in [0.2, 0.25) is 0 Å². The van der Waals surface area contributed by atoms with Gasteiger partial charge in [0.05, 0.1) is 7.11 Å². The maximum absolute atomic E-state index is 11.2. The molecule has 4 heteroatoms. The Morgan fingerprint density at radius 3 is 2.62 bits per heavy atom. The predicted octanol–water partition coefficient (Wildman–Crippen LogP) is 1.59. The first-order valence-corrected chi connectivity index (χ1v) is 4.71. The molecule has 1 aromatic rings. The van der Waals surface area contributed by atoms with Crippen LogP contribution < -0.4 is 0 Å². The summed E-state index contributed by atoms with van der Waals surface area (Å²) in [5.41, 5.74) is 0.712. The molecule has 13 heavy (non-hydrogen) atoms. The number of thiophene rings is 1. The molecule has 0 aliphatic heterocycles. The van der Waals surface area contributed by atoms with E-state index in [0.29, 0.717) is 5.56 Å². The molecular weight excluding hydrogens is 188 g/mol. The molecule has 1 unspecified atom stereocenters. The van der Waals surface area contributed by atoms with Gasteiger partial charge < -0.3 is 4.74 Å². The molecule has 1 heterocycles. The van der Waals surface area contributed by atoms with Crippen molar-refractivity contribution in [3.63, 3.8) is 0 Å². The average molecular weight is 198 g/mol. The van der Waals surface area contributed by atoms with Gasteiger partial charge >= 0.3 is 5.97 Å². The van der Waals surface area contributed by atoms with E-state index in [9.17, 15) is 9.59 Å². The first-order valence-electron chi connectivity index (χ1n) is 3.77. The summed E-state index contributed by atoms with van der Waals surface area (Å²) in [6.45, 7) is 1.39. The molecule has 0 fully saturated rings. The second kappa shape index (κ2) is 4.18. The Hall–Kier alpha value is -1.16. The molecule has 0 bridgehead atoms. The maximum Gasteiger partial charge on any atom is 0.320 e. The smallest absolute Gasteiger partial charge is 0.320 e. The quantitative estimate of drug-likeness (QED) is 0.547. The van der Waals surface area contributed by atoms with E-state index in [1.165, 1.54) is 25.4 Å². The van der Waals surface area contributed by atoms with Crippen molar-refractivity contribution in [3.05, 3.63) is 22.4 Å². The highest BCUT2D eigenvalue weighted by Gasteiger charge is 2.26. The molecular formula is C9H10O3S. The van der Waals surface area contributed by atoms with Crippen LogP contribution in [0.15, 0.2) is 16.8 Å². The van der Waals surface area contributed by atoms with Crippen LogP contribution in [-0.4, -0.2) is 18.9 Å². The summed E-state index contributed by atoms with van der Waals surface area (Å²) in [6.07, 6.45) is 0. The van der Waals surface area contributed by atoms with Crippen molar-refractivity contribution in [2.45, 2.75) is 12.8 Å². The molecule has 70 valence electrons. The van der Waals surface area contributed by atoms with Crippen LogP contribution in [0.25, 0.3) is 0 Å². The van der Waals surface area contributed by atoms with E-state index in [1.54, 1.807) is 11.4 Å². The Labute approximate surface area is 80.3 Å². The first-order chi connectivity index (χ1) is 6.16. The van der Waals surface area contributed by atoms with Gasteiger partial charge in [-0.05, 0) is 29.3 Å². The number of methoxy groups -OCH3 is 1. The van der Waals surface area contributed by atoms with Gasteiger partial charge in [0.1, 0.15) is 11.7 Å². The Morgan fingerprint density at radius 1 is 1.54 bits per heavy atom. The normalized spacial score (nSPS) is 12.2. The highest BCUT2D eigenvalue weighted by Crippen LogP contribution is 2.20. The molecule has 0 saturated heterocycles. The van der Waals surface area contributed by atoms with Gasteiger partial charge in [0.15, 0.2) is 0 Å². The van der Waals surface area contributed by atoms with Crippen molar-refractivity contribution in [2.75, 3.05) is 7.11 Å². The highest BCUT2D eigenvalue weighted by molar-refractivity contribution is 7.08. The summed E-state index contributed by atoms with van der Waals surface area (Å²) in [5, 5.41) is 3.61. The molecule has 3 nitrogen and oxygen atoms in total. The topological polar surface area (TPSA) is 43.4 Å². The Morgan fingerprint density at radius 2 is 2.23 bits per heavy atom. The van der Waals surface area contributed by atoms with Crippen molar-refractivity contribution in [2.24, 2.45) is 0 Å². The van der Waals surface area contributed by atoms with Gasteiger partial charge in [0, 0.05) is 0 Å². The second-order valence-corrected chi connectivity index (χ2v) is 3.40. The molecule has 0 saturated carbocycles. The van der Waals surface area contributed by atoms with E-state index in [0.717, 1.165) is 0 Å². The number of esters is 1. The Balaban J connectivity index is 2.93. The molecule has 0 amide bonds. The van der Waals surface area contributed by atoms with Crippen molar-refractivity contribution >= 4 is 23.1 Å². The summed E-state index contributed by atoms with van der Waals surface area (Å²) in [5.74, 6) is -1.44. The fourth-order valence-electron chi connectivity index (χ4n) is 1.09. The van der Waals surface area contributed by atoms with Crippen LogP contribution >= 0.6 is 11.3 Å². The van der Waals surface area contributed by atoms with Crippen LogP contribution in [0.1, 0.15) is 18.4 Å². The Bertz CT molecular complexity index is 303. The van der Waals surface area contributed by atoms with Crippen molar-refractivity contribution in [1.82, 2.24) is 0 Å². The third-order valence-electron chi connectivity index (χ3n) is 1.72. The van der Waals surface area contributed by atoms with E-state index in [1.807, 2.05) is 5.38 Å². The zero-order valence-electron chi connectivity index (χ0n) is 7.44. The first kappa shape index (κ1) is 9.92. The minimum absolute atomic E-state index is 0.190. The third-order valence-corrected chi connectivity index (χ3v) is 2.42. The van der Waals surface area contributed by atoms with Crippen LogP contribution in [0.4, 0.5) is 0 Å². The lowest BCUT2D eigenvalue weighted by molar-refractivity contribution is -0.145. The van der Waals surface area contributed by atoms with Gasteiger partial charge in [-0.25, -0.2) is 0 Å². The molecule has 1 rings (SSSR count). The van der Waals surface area contributed by atoms with E-state index in [4.69, 9.17) is 0 Å². The summed E-state index contributed by atoms with van der Waals surface area (Å²) in [7, 11) is 1.28. The average Bonchev–Trinajstić information content (AvgIpc) is 2.56. The monoisotopic (exact) mass is 198 g/mol. The number of Topliss-reactive ketones (excluding diaryl/α,β-unsaturated/α-hetero) is 1. The fourth-order valence-corrected chi connectivity index (χ4v) is 1.78. The number of carbonyl (C=O) groups excluding carboxylic acids is 2. The van der Waals surface area contributed by atoms with Gasteiger partial charge in [-0.3, -0.25) is 9.59 Å². The van der Waals surface area contributed by atoms with Crippen molar-refractivity contribution in [1.29, 1.82) is 0 Å². The van der Waals surface area contributed by atoms with E-state index in [2.05, 4.69) is 4.74 Å². The lowest BCUT2D eigenvalue weighted by atomic mass is 9.99. The third kappa shape index (κ3) is 2.15. The second-order valence-electron chi connectivity index (χ2n) is 2.62. The molecule has 0 aliphatic carbocycles. The van der Waals surface area contributed by atoms with Crippen LogP contribution in [0.5, 0.6) is 0 Å². The summed E-state index contributed by atoms with van der Waals surface area (Å²) in [6, 6.07) is 1.76. The lowest BCUT2D eigenvalue weighted by Gasteiger charge is -2.08. The number of rotatable bonds is 3. The van der Waals surface area contributed by atoms with Crippen molar-refractivity contribution < 1.29 is 14.3 Å². The molecule has 0 aromatic carbocycles. The summed E-state index contributed by atoms with van der Waals surface area (Å²) in [4.78, 5) is 22.4. The lowest BCUT2D eigenvalue weighted by Crippen LogP contribution is -2.20. The SMILES string of the molecule is COC(=O)C(C(C)=O)c1ccsc1. The van der Waals surface area contributed by atoms with Gasteiger partial charge in [-0.1, -0.05) is 0 Å². The van der Waals surface area contributed by atoms with E-state index < -0.39 is 11.9 Å². The summed E-state index contributed by atoms with van der Waals surface area (Å²) < 4.78 is 4.54. The molecule has 1 aromatic heterocycles. The standard InChI is InChI=1S/C9H10O3S/c1-6(10)8(9(11)12-2)7-3-4-13-5-7/h3-5,8H,1-2H3. The van der Waals surface area contributed by atoms with Gasteiger partial charge in [-0.15, -0.1) is 0 Å². The zero-order valence-corrected chi connectivity index (χ0v) is 8.26. The van der Waals surface area contributed by atoms with Crippen LogP contribution in [0.3, 0.4) is 0 Å². The van der Waals surface area contributed by atoms with Gasteiger partial charge in [0.25, 0.3) is 0 Å². The molecule has 0 N–H and O–H groups in total. The largest absolute Gasteiger partial charge is 0.468 e. The van der Waals surface area contributed by atoms with Crippen molar-refractivity contribution in [3.8, 4) is 0 Å². The van der Waals surface area contributed by atoms with Crippen LogP contribution in [-0.2, 0) is 14.3 Å². The fraction of sp³-hybridized carbons (Fsp3) is 0.333. The molecule has 0 radical (unpaired) electrons. The molecule has 1 atom stereocenters. The number of carbonyl (C=O) groups is 2.